The number of anilines is 1. The number of methoxy groups -OCH3 is 3. The van der Waals surface area contributed by atoms with E-state index in [9.17, 15) is 9.59 Å². The number of hydrogen-bond acceptors (Lipinski definition) is 5. The van der Waals surface area contributed by atoms with Crippen molar-refractivity contribution in [2.75, 3.05) is 32.8 Å². The largest absolute Gasteiger partial charge is 0.495 e. The lowest BCUT2D eigenvalue weighted by Crippen LogP contribution is -3.16. The van der Waals surface area contributed by atoms with Gasteiger partial charge in [-0.1, -0.05) is 12.1 Å². The van der Waals surface area contributed by atoms with Gasteiger partial charge >= 0.3 is 0 Å². The molecule has 152 valence electrons. The molecule has 2 aromatic carbocycles. The Kier molecular flexibility index (Phi) is 5.15. The van der Waals surface area contributed by atoms with Crippen LogP contribution < -0.4 is 24.0 Å². The molecule has 7 nitrogen and oxygen atoms in total. The molecule has 2 aliphatic rings. The maximum atomic E-state index is 13.2. The van der Waals surface area contributed by atoms with Crippen LogP contribution in [0, 0.1) is 0 Å². The molecule has 1 N–H and O–H groups in total. The minimum absolute atomic E-state index is 0.168. The van der Waals surface area contributed by atoms with Crippen LogP contribution in [0.1, 0.15) is 17.5 Å². The molecular weight excluding hydrogens is 372 g/mol. The number of nitrogens with one attached hydrogen (secondary N) is 1. The first-order valence-corrected chi connectivity index (χ1v) is 9.65. The predicted octanol–water partition coefficient (Wildman–Crippen LogP) is 0.986. The third kappa shape index (κ3) is 3.31. The van der Waals surface area contributed by atoms with E-state index in [2.05, 4.69) is 0 Å². The van der Waals surface area contributed by atoms with Crippen molar-refractivity contribution < 1.29 is 28.7 Å². The van der Waals surface area contributed by atoms with E-state index in [0.717, 1.165) is 23.4 Å². The van der Waals surface area contributed by atoms with Gasteiger partial charge in [-0.15, -0.1) is 0 Å². The molecule has 29 heavy (non-hydrogen) atoms. The number of fused-ring (bicyclic) bond motifs is 1. The molecule has 0 radical (unpaired) electrons. The summed E-state index contributed by atoms with van der Waals surface area (Å²) >= 11 is 0. The van der Waals surface area contributed by atoms with Gasteiger partial charge in [0, 0.05) is 12.0 Å². The van der Waals surface area contributed by atoms with E-state index in [0.29, 0.717) is 29.5 Å². The highest BCUT2D eigenvalue weighted by Gasteiger charge is 2.47. The number of nitrogens with zero attached hydrogens (tertiary/aromatic N) is 1. The SMILES string of the molecule is COc1cc2c(cc1OC)C[NH+]([C@H]1CC(=O)N(c3ccccc3OC)C1=O)CC2. The van der Waals surface area contributed by atoms with Crippen LogP contribution >= 0.6 is 0 Å². The number of quaternary nitrogens is 1. The van der Waals surface area contributed by atoms with Gasteiger partial charge in [0.2, 0.25) is 5.91 Å². The lowest BCUT2D eigenvalue weighted by molar-refractivity contribution is -0.930. The normalized spacial score (nSPS) is 21.1. The summed E-state index contributed by atoms with van der Waals surface area (Å²) in [6.45, 7) is 1.45. The number of imide groups is 1. The lowest BCUT2D eigenvalue weighted by Gasteiger charge is -2.30. The third-order valence-electron chi connectivity index (χ3n) is 5.80. The Morgan fingerprint density at radius 3 is 2.28 bits per heavy atom. The number of rotatable bonds is 5. The second-order valence-electron chi connectivity index (χ2n) is 7.31. The Balaban J connectivity index is 1.59. The lowest BCUT2D eigenvalue weighted by atomic mass is 9.97. The fourth-order valence-corrected chi connectivity index (χ4v) is 4.30. The molecule has 2 aliphatic heterocycles. The van der Waals surface area contributed by atoms with Crippen molar-refractivity contribution in [3.8, 4) is 17.2 Å². The number of carbonyl (C=O) groups excluding carboxylic acids is 2. The van der Waals surface area contributed by atoms with Crippen LogP contribution in [0.4, 0.5) is 5.69 Å². The number of ether oxygens (including phenoxy) is 3. The number of amides is 2. The number of carbonyl (C=O) groups is 2. The van der Waals surface area contributed by atoms with Gasteiger partial charge in [-0.3, -0.25) is 9.59 Å². The monoisotopic (exact) mass is 397 g/mol. The second kappa shape index (κ2) is 7.75. The van der Waals surface area contributed by atoms with Crippen molar-refractivity contribution in [1.29, 1.82) is 0 Å². The topological polar surface area (TPSA) is 69.5 Å². The highest BCUT2D eigenvalue weighted by Crippen LogP contribution is 2.33. The quantitative estimate of drug-likeness (QED) is 0.762. The Morgan fingerprint density at radius 1 is 0.931 bits per heavy atom. The molecule has 1 unspecified atom stereocenters. The summed E-state index contributed by atoms with van der Waals surface area (Å²) in [5.74, 6) is 1.56. The van der Waals surface area contributed by atoms with E-state index in [1.54, 1.807) is 32.4 Å². The van der Waals surface area contributed by atoms with Crippen LogP contribution in [-0.4, -0.2) is 45.7 Å². The van der Waals surface area contributed by atoms with Gasteiger partial charge in [0.05, 0.1) is 40.0 Å². The van der Waals surface area contributed by atoms with E-state index < -0.39 is 6.04 Å². The standard InChI is InChI=1S/C22H24N2O5/c1-27-18-7-5-4-6-16(18)24-21(25)12-17(22(24)26)23-9-8-14-10-19(28-2)20(29-3)11-15(14)13-23/h4-7,10-11,17H,8-9,12-13H2,1-3H3/p+1/t17-/m0/s1. The molecule has 0 aromatic heterocycles. The van der Waals surface area contributed by atoms with E-state index in [-0.39, 0.29) is 18.2 Å². The van der Waals surface area contributed by atoms with Gasteiger partial charge < -0.3 is 19.1 Å². The maximum absolute atomic E-state index is 13.2. The van der Waals surface area contributed by atoms with Gasteiger partial charge in [0.15, 0.2) is 17.5 Å². The minimum atomic E-state index is -0.395. The molecule has 1 fully saturated rings. The summed E-state index contributed by atoms with van der Waals surface area (Å²) in [6, 6.07) is 10.7. The first-order valence-electron chi connectivity index (χ1n) is 9.65. The van der Waals surface area contributed by atoms with Gasteiger partial charge in [-0.25, -0.2) is 4.90 Å². The Bertz CT molecular complexity index is 958. The maximum Gasteiger partial charge on any atom is 0.292 e. The molecular formula is C22H25N2O5+. The molecule has 2 heterocycles. The van der Waals surface area contributed by atoms with Crippen LogP contribution in [0.25, 0.3) is 0 Å². The van der Waals surface area contributed by atoms with Crippen LogP contribution in [-0.2, 0) is 22.6 Å². The molecule has 1 saturated heterocycles. The second-order valence-corrected chi connectivity index (χ2v) is 7.31. The summed E-state index contributed by atoms with van der Waals surface area (Å²) in [6.07, 6.45) is 1.02. The van der Waals surface area contributed by atoms with E-state index in [1.807, 2.05) is 18.2 Å². The third-order valence-corrected chi connectivity index (χ3v) is 5.80. The van der Waals surface area contributed by atoms with Crippen LogP contribution in [0.15, 0.2) is 36.4 Å². The number of hydrogen-bond donors (Lipinski definition) is 1. The summed E-state index contributed by atoms with van der Waals surface area (Å²) in [5, 5.41) is 0. The molecule has 2 aromatic rings. The van der Waals surface area contributed by atoms with Crippen LogP contribution in [0.2, 0.25) is 0 Å². The van der Waals surface area contributed by atoms with Crippen LogP contribution in [0.5, 0.6) is 17.2 Å². The average molecular weight is 397 g/mol. The van der Waals surface area contributed by atoms with Crippen molar-refractivity contribution in [3.63, 3.8) is 0 Å². The highest BCUT2D eigenvalue weighted by atomic mass is 16.5. The van der Waals surface area contributed by atoms with E-state index in [1.165, 1.54) is 17.6 Å². The average Bonchev–Trinajstić information content (AvgIpc) is 3.05. The molecule has 0 bridgehead atoms. The highest BCUT2D eigenvalue weighted by molar-refractivity contribution is 6.22. The van der Waals surface area contributed by atoms with Crippen molar-refractivity contribution in [2.24, 2.45) is 0 Å². The predicted molar refractivity (Wildman–Crippen MR) is 107 cm³/mol. The fourth-order valence-electron chi connectivity index (χ4n) is 4.30. The van der Waals surface area contributed by atoms with Gasteiger partial charge in [0.25, 0.3) is 5.91 Å². The molecule has 0 spiro atoms. The molecule has 0 aliphatic carbocycles. The number of para-hydroxylation sites is 2. The molecule has 0 saturated carbocycles. The molecule has 4 rings (SSSR count). The van der Waals surface area contributed by atoms with Crippen molar-refractivity contribution >= 4 is 17.5 Å². The Hall–Kier alpha value is -3.06. The smallest absolute Gasteiger partial charge is 0.292 e. The zero-order chi connectivity index (χ0) is 20.5. The fraction of sp³-hybridized carbons (Fsp3) is 0.364. The first kappa shape index (κ1) is 19.3. The van der Waals surface area contributed by atoms with Crippen molar-refractivity contribution in [3.05, 3.63) is 47.5 Å². The zero-order valence-electron chi connectivity index (χ0n) is 16.9. The van der Waals surface area contributed by atoms with E-state index in [4.69, 9.17) is 14.2 Å². The van der Waals surface area contributed by atoms with Gasteiger partial charge in [-0.05, 0) is 29.8 Å². The number of benzene rings is 2. The van der Waals surface area contributed by atoms with Crippen molar-refractivity contribution in [2.45, 2.75) is 25.4 Å². The summed E-state index contributed by atoms with van der Waals surface area (Å²) < 4.78 is 16.2. The van der Waals surface area contributed by atoms with E-state index >= 15 is 0 Å². The van der Waals surface area contributed by atoms with Gasteiger partial charge in [-0.2, -0.15) is 0 Å². The Morgan fingerprint density at radius 2 is 1.59 bits per heavy atom. The van der Waals surface area contributed by atoms with Crippen LogP contribution in [0.3, 0.4) is 0 Å². The minimum Gasteiger partial charge on any atom is -0.495 e. The molecule has 2 atom stereocenters. The molecule has 7 heteroatoms. The summed E-state index contributed by atoms with van der Waals surface area (Å²) in [7, 11) is 4.78. The Labute approximate surface area is 169 Å². The zero-order valence-corrected chi connectivity index (χ0v) is 16.9. The molecule has 2 amide bonds. The summed E-state index contributed by atoms with van der Waals surface area (Å²) in [4.78, 5) is 28.3. The summed E-state index contributed by atoms with van der Waals surface area (Å²) in [5.41, 5.74) is 2.83. The van der Waals surface area contributed by atoms with Crippen molar-refractivity contribution in [1.82, 2.24) is 0 Å². The first-order chi connectivity index (χ1) is 14.1. The van der Waals surface area contributed by atoms with Gasteiger partial charge in [0.1, 0.15) is 12.3 Å².